The van der Waals surface area contributed by atoms with Gasteiger partial charge in [-0.25, -0.2) is 0 Å². The van der Waals surface area contributed by atoms with Gasteiger partial charge in [-0.15, -0.1) is 0 Å². The summed E-state index contributed by atoms with van der Waals surface area (Å²) >= 11 is 0. The highest BCUT2D eigenvalue weighted by Crippen LogP contribution is 2.21. The molecule has 0 bridgehead atoms. The van der Waals surface area contributed by atoms with Gasteiger partial charge in [-0.1, -0.05) is 0 Å². The summed E-state index contributed by atoms with van der Waals surface area (Å²) in [7, 11) is 0. The first kappa shape index (κ1) is 11.2. The Morgan fingerprint density at radius 1 is 1.16 bits per heavy atom. The number of hydrogen-bond donors (Lipinski definition) is 1. The van der Waals surface area contributed by atoms with Gasteiger partial charge in [0.15, 0.2) is 5.43 Å². The van der Waals surface area contributed by atoms with Gasteiger partial charge in [0, 0.05) is 36.7 Å². The van der Waals surface area contributed by atoms with E-state index in [1.54, 1.807) is 22.7 Å². The SMILES string of the molecule is O=c1ccn2cc(-c3ccc([N+](=O)[O-])cc3)[nH]c2c1. The first-order chi connectivity index (χ1) is 9.13. The van der Waals surface area contributed by atoms with Gasteiger partial charge in [-0.2, -0.15) is 0 Å². The van der Waals surface area contributed by atoms with E-state index in [1.807, 2.05) is 6.20 Å². The van der Waals surface area contributed by atoms with Gasteiger partial charge in [0.25, 0.3) is 5.69 Å². The van der Waals surface area contributed by atoms with E-state index in [9.17, 15) is 14.9 Å². The summed E-state index contributed by atoms with van der Waals surface area (Å²) in [6.07, 6.45) is 3.50. The van der Waals surface area contributed by atoms with Crippen LogP contribution in [0.15, 0.2) is 53.6 Å². The second-order valence-electron chi connectivity index (χ2n) is 4.13. The topological polar surface area (TPSA) is 80.4 Å². The fraction of sp³-hybridized carbons (Fsp3) is 0. The van der Waals surface area contributed by atoms with E-state index in [4.69, 9.17) is 0 Å². The van der Waals surface area contributed by atoms with Gasteiger partial charge in [0.05, 0.1) is 10.6 Å². The molecule has 0 amide bonds. The third kappa shape index (κ3) is 1.99. The molecular weight excluding hydrogens is 246 g/mol. The quantitative estimate of drug-likeness (QED) is 0.563. The van der Waals surface area contributed by atoms with Crippen molar-refractivity contribution in [3.05, 3.63) is 69.1 Å². The van der Waals surface area contributed by atoms with Crippen molar-refractivity contribution in [1.82, 2.24) is 9.38 Å². The molecule has 19 heavy (non-hydrogen) atoms. The Bertz CT molecular complexity index is 815. The van der Waals surface area contributed by atoms with Gasteiger partial charge < -0.3 is 9.38 Å². The molecule has 1 N–H and O–H groups in total. The highest BCUT2D eigenvalue weighted by atomic mass is 16.6. The summed E-state index contributed by atoms with van der Waals surface area (Å²) in [5.74, 6) is 0. The Morgan fingerprint density at radius 2 is 1.89 bits per heavy atom. The number of imidazole rings is 1. The van der Waals surface area contributed by atoms with Crippen LogP contribution in [0.2, 0.25) is 0 Å². The second-order valence-corrected chi connectivity index (χ2v) is 4.13. The third-order valence-electron chi connectivity index (χ3n) is 2.88. The molecule has 2 heterocycles. The number of nitro benzene ring substituents is 1. The van der Waals surface area contributed by atoms with E-state index in [0.29, 0.717) is 5.65 Å². The van der Waals surface area contributed by atoms with Crippen molar-refractivity contribution in [2.75, 3.05) is 0 Å². The summed E-state index contributed by atoms with van der Waals surface area (Å²) in [5.41, 5.74) is 2.27. The molecule has 0 unspecified atom stereocenters. The van der Waals surface area contributed by atoms with Crippen LogP contribution in [-0.4, -0.2) is 14.3 Å². The number of nitro groups is 1. The zero-order chi connectivity index (χ0) is 13.4. The molecule has 0 aliphatic carbocycles. The number of rotatable bonds is 2. The van der Waals surface area contributed by atoms with E-state index in [1.165, 1.54) is 24.3 Å². The predicted octanol–water partition coefficient (Wildman–Crippen LogP) is 2.20. The average molecular weight is 255 g/mol. The minimum atomic E-state index is -0.437. The number of nitrogens with zero attached hydrogens (tertiary/aromatic N) is 2. The minimum Gasteiger partial charge on any atom is -0.340 e. The monoisotopic (exact) mass is 255 g/mol. The van der Waals surface area contributed by atoms with E-state index >= 15 is 0 Å². The average Bonchev–Trinajstić information content (AvgIpc) is 2.81. The minimum absolute atomic E-state index is 0.0503. The van der Waals surface area contributed by atoms with Gasteiger partial charge in [0.1, 0.15) is 5.65 Å². The third-order valence-corrected chi connectivity index (χ3v) is 2.88. The number of nitrogens with one attached hydrogen (secondary N) is 1. The van der Waals surface area contributed by atoms with Gasteiger partial charge in [0.2, 0.25) is 0 Å². The number of fused-ring (bicyclic) bond motifs is 1. The van der Waals surface area contributed by atoms with Crippen molar-refractivity contribution in [3.8, 4) is 11.3 Å². The van der Waals surface area contributed by atoms with Crippen molar-refractivity contribution in [3.63, 3.8) is 0 Å². The maximum Gasteiger partial charge on any atom is 0.269 e. The normalized spacial score (nSPS) is 10.7. The Balaban J connectivity index is 2.08. The molecular formula is C13H9N3O3. The molecule has 1 aromatic carbocycles. The highest BCUT2D eigenvalue weighted by Gasteiger charge is 2.07. The lowest BCUT2D eigenvalue weighted by atomic mass is 10.1. The number of benzene rings is 1. The summed E-state index contributed by atoms with van der Waals surface area (Å²) in [4.78, 5) is 24.5. The predicted molar refractivity (Wildman–Crippen MR) is 70.1 cm³/mol. The Hall–Kier alpha value is -2.89. The number of aromatic nitrogens is 2. The molecule has 0 atom stereocenters. The van der Waals surface area contributed by atoms with Gasteiger partial charge in [-0.3, -0.25) is 14.9 Å². The number of aromatic amines is 1. The number of pyridine rings is 1. The lowest BCUT2D eigenvalue weighted by Gasteiger charge is -1.96. The van der Waals surface area contributed by atoms with E-state index < -0.39 is 4.92 Å². The van der Waals surface area contributed by atoms with Crippen molar-refractivity contribution in [2.24, 2.45) is 0 Å². The molecule has 6 heteroatoms. The number of H-pyrrole nitrogens is 1. The first-order valence-electron chi connectivity index (χ1n) is 5.59. The highest BCUT2D eigenvalue weighted by molar-refractivity contribution is 5.63. The molecule has 0 spiro atoms. The van der Waals surface area contributed by atoms with Crippen LogP contribution in [0.1, 0.15) is 0 Å². The van der Waals surface area contributed by atoms with Crippen molar-refractivity contribution >= 4 is 11.3 Å². The van der Waals surface area contributed by atoms with Crippen molar-refractivity contribution in [2.45, 2.75) is 0 Å². The molecule has 6 nitrogen and oxygen atoms in total. The molecule has 3 aromatic rings. The molecule has 0 aliphatic rings. The van der Waals surface area contributed by atoms with E-state index in [2.05, 4.69) is 4.98 Å². The molecule has 0 fully saturated rings. The Morgan fingerprint density at radius 3 is 2.58 bits per heavy atom. The Kier molecular flexibility index (Phi) is 2.42. The molecule has 3 rings (SSSR count). The molecule has 0 saturated carbocycles. The van der Waals surface area contributed by atoms with Crippen LogP contribution in [0, 0.1) is 10.1 Å². The molecule has 0 saturated heterocycles. The van der Waals surface area contributed by atoms with Crippen molar-refractivity contribution in [1.29, 1.82) is 0 Å². The largest absolute Gasteiger partial charge is 0.340 e. The molecule has 0 aliphatic heterocycles. The van der Waals surface area contributed by atoms with Crippen LogP contribution in [0.4, 0.5) is 5.69 Å². The Labute approximate surface area is 107 Å². The van der Waals surface area contributed by atoms with Crippen LogP contribution in [0.25, 0.3) is 16.9 Å². The zero-order valence-corrected chi connectivity index (χ0v) is 9.74. The molecule has 94 valence electrons. The van der Waals surface area contributed by atoms with E-state index in [0.717, 1.165) is 11.3 Å². The lowest BCUT2D eigenvalue weighted by Crippen LogP contribution is -1.97. The fourth-order valence-corrected chi connectivity index (χ4v) is 1.92. The van der Waals surface area contributed by atoms with Crippen LogP contribution >= 0.6 is 0 Å². The number of hydrogen-bond acceptors (Lipinski definition) is 3. The van der Waals surface area contributed by atoms with Gasteiger partial charge >= 0.3 is 0 Å². The second kappa shape index (κ2) is 4.09. The molecule has 2 aromatic heterocycles. The smallest absolute Gasteiger partial charge is 0.269 e. The lowest BCUT2D eigenvalue weighted by molar-refractivity contribution is -0.384. The van der Waals surface area contributed by atoms with Crippen molar-refractivity contribution < 1.29 is 4.92 Å². The summed E-state index contributed by atoms with van der Waals surface area (Å²) in [6, 6.07) is 9.20. The summed E-state index contributed by atoms with van der Waals surface area (Å²) in [6.45, 7) is 0. The maximum absolute atomic E-state index is 11.2. The summed E-state index contributed by atoms with van der Waals surface area (Å²) in [5, 5.41) is 10.6. The standard InChI is InChI=1S/C13H9N3O3/c17-11-5-6-15-8-12(14-13(15)7-11)9-1-3-10(4-2-9)16(18)19/h1-8,14H. The van der Waals surface area contributed by atoms with E-state index in [-0.39, 0.29) is 11.1 Å². The van der Waals surface area contributed by atoms with Crippen LogP contribution in [0.5, 0.6) is 0 Å². The maximum atomic E-state index is 11.2. The van der Waals surface area contributed by atoms with Crippen LogP contribution in [-0.2, 0) is 0 Å². The first-order valence-corrected chi connectivity index (χ1v) is 5.59. The van der Waals surface area contributed by atoms with Gasteiger partial charge in [-0.05, 0) is 17.7 Å². The molecule has 0 radical (unpaired) electrons. The fourth-order valence-electron chi connectivity index (χ4n) is 1.92. The van der Waals surface area contributed by atoms with Crippen LogP contribution in [0.3, 0.4) is 0 Å². The van der Waals surface area contributed by atoms with Crippen LogP contribution < -0.4 is 5.43 Å². The number of non-ortho nitro benzene ring substituents is 1. The zero-order valence-electron chi connectivity index (χ0n) is 9.74. The summed E-state index contributed by atoms with van der Waals surface area (Å²) < 4.78 is 1.79.